The Hall–Kier alpha value is -2.39. The molecule has 0 aromatic heterocycles. The average molecular weight is 466 g/mol. The van der Waals surface area contributed by atoms with Crippen LogP contribution < -0.4 is 0 Å². The predicted octanol–water partition coefficient (Wildman–Crippen LogP) is 4.44. The summed E-state index contributed by atoms with van der Waals surface area (Å²) in [5, 5.41) is 9.36. The lowest BCUT2D eigenvalue weighted by Crippen LogP contribution is -2.44. The Kier molecular flexibility index (Phi) is 8.47. The van der Waals surface area contributed by atoms with Gasteiger partial charge in [0, 0.05) is 24.6 Å². The molecule has 1 saturated heterocycles. The smallest absolute Gasteiger partial charge is 0.410 e. The van der Waals surface area contributed by atoms with Crippen LogP contribution in [0.5, 0.6) is 0 Å². The molecule has 1 heterocycles. The number of carboxylic acids is 1. The zero-order chi connectivity index (χ0) is 24.1. The molecule has 2 atom stereocenters. The van der Waals surface area contributed by atoms with E-state index in [1.807, 2.05) is 0 Å². The number of ether oxygens (including phenoxy) is 2. The van der Waals surface area contributed by atoms with E-state index in [4.69, 9.17) is 13.9 Å². The van der Waals surface area contributed by atoms with Crippen LogP contribution in [-0.2, 0) is 25.3 Å². The number of esters is 1. The number of benzene rings is 1. The summed E-state index contributed by atoms with van der Waals surface area (Å²) in [5.74, 6) is -1.40. The fraction of sp³-hybridized carbons (Fsp3) is 0.609. The standard InChI is InChI=1S/C23H35NO7Si/c1-23(2,3)32(5,6)31-18-13-17(11-12-20(25)29-4)24(14-18)22(28)30-15-16-9-7-8-10-19(16)21(26)27/h7-10,17-18H,11-15H2,1-6H3,(H,26,27). The minimum atomic E-state index is -2.04. The fourth-order valence-corrected chi connectivity index (χ4v) is 4.87. The second-order valence-electron chi connectivity index (χ2n) is 9.67. The zero-order valence-electron chi connectivity index (χ0n) is 19.8. The molecule has 1 N–H and O–H groups in total. The monoisotopic (exact) mass is 465 g/mol. The van der Waals surface area contributed by atoms with E-state index in [2.05, 4.69) is 33.9 Å². The molecule has 2 unspecified atom stereocenters. The first-order valence-corrected chi connectivity index (χ1v) is 13.8. The number of hydrogen-bond acceptors (Lipinski definition) is 6. The Morgan fingerprint density at radius 1 is 1.19 bits per heavy atom. The normalized spacial score (nSPS) is 19.0. The van der Waals surface area contributed by atoms with Gasteiger partial charge in [-0.05, 0) is 37.0 Å². The molecule has 1 aliphatic heterocycles. The van der Waals surface area contributed by atoms with Crippen LogP contribution in [0, 0.1) is 0 Å². The SMILES string of the molecule is COC(=O)CCC1CC(O[Si](C)(C)C(C)(C)C)CN1C(=O)OCc1ccccc1C(=O)O. The first-order valence-electron chi connectivity index (χ1n) is 10.8. The number of carboxylic acid groups (broad SMARTS) is 1. The number of carbonyl (C=O) groups excluding carboxylic acids is 2. The number of amides is 1. The summed E-state index contributed by atoms with van der Waals surface area (Å²) in [5.41, 5.74) is 0.524. The summed E-state index contributed by atoms with van der Waals surface area (Å²) in [6.07, 6.45) is 0.577. The summed E-state index contributed by atoms with van der Waals surface area (Å²) < 4.78 is 16.7. The fourth-order valence-electron chi connectivity index (χ4n) is 3.51. The van der Waals surface area contributed by atoms with Gasteiger partial charge in [-0.3, -0.25) is 4.79 Å². The third kappa shape index (κ3) is 6.55. The van der Waals surface area contributed by atoms with Crippen molar-refractivity contribution >= 4 is 26.3 Å². The lowest BCUT2D eigenvalue weighted by molar-refractivity contribution is -0.141. The van der Waals surface area contributed by atoms with Gasteiger partial charge in [-0.1, -0.05) is 39.0 Å². The van der Waals surface area contributed by atoms with Gasteiger partial charge < -0.3 is 23.9 Å². The van der Waals surface area contributed by atoms with Crippen LogP contribution in [0.1, 0.15) is 56.0 Å². The van der Waals surface area contributed by atoms with Crippen molar-refractivity contribution in [2.24, 2.45) is 0 Å². The van der Waals surface area contributed by atoms with E-state index >= 15 is 0 Å². The van der Waals surface area contributed by atoms with E-state index < -0.39 is 20.4 Å². The van der Waals surface area contributed by atoms with E-state index in [1.165, 1.54) is 13.2 Å². The van der Waals surface area contributed by atoms with Crippen molar-refractivity contribution in [2.45, 2.75) is 76.9 Å². The summed E-state index contributed by atoms with van der Waals surface area (Å²) in [4.78, 5) is 37.6. The maximum absolute atomic E-state index is 12.9. The van der Waals surface area contributed by atoms with Gasteiger partial charge in [-0.15, -0.1) is 0 Å². The highest BCUT2D eigenvalue weighted by Crippen LogP contribution is 2.39. The molecule has 0 aliphatic carbocycles. The number of likely N-dealkylation sites (tertiary alicyclic amines) is 1. The Morgan fingerprint density at radius 2 is 1.84 bits per heavy atom. The molecule has 1 amide bonds. The van der Waals surface area contributed by atoms with Crippen LogP contribution in [0.25, 0.3) is 0 Å². The van der Waals surface area contributed by atoms with Gasteiger partial charge in [-0.25, -0.2) is 9.59 Å². The number of hydrogen-bond donors (Lipinski definition) is 1. The molecule has 32 heavy (non-hydrogen) atoms. The first kappa shape index (κ1) is 25.9. The van der Waals surface area contributed by atoms with Crippen molar-refractivity contribution in [3.63, 3.8) is 0 Å². The largest absolute Gasteiger partial charge is 0.478 e. The van der Waals surface area contributed by atoms with Gasteiger partial charge in [0.05, 0.1) is 18.8 Å². The van der Waals surface area contributed by atoms with Gasteiger partial charge in [0.15, 0.2) is 8.32 Å². The van der Waals surface area contributed by atoms with Crippen molar-refractivity contribution in [3.8, 4) is 0 Å². The van der Waals surface area contributed by atoms with Crippen molar-refractivity contribution in [2.75, 3.05) is 13.7 Å². The first-order chi connectivity index (χ1) is 14.9. The molecule has 9 heteroatoms. The highest BCUT2D eigenvalue weighted by molar-refractivity contribution is 6.74. The molecular formula is C23H35NO7Si. The lowest BCUT2D eigenvalue weighted by atomic mass is 10.1. The minimum absolute atomic E-state index is 0.0307. The maximum atomic E-state index is 12.9. The van der Waals surface area contributed by atoms with E-state index in [0.29, 0.717) is 24.9 Å². The summed E-state index contributed by atoms with van der Waals surface area (Å²) in [6.45, 7) is 11.0. The third-order valence-electron chi connectivity index (χ3n) is 6.39. The Morgan fingerprint density at radius 3 is 2.44 bits per heavy atom. The molecule has 2 rings (SSSR count). The second kappa shape index (κ2) is 10.5. The molecule has 0 radical (unpaired) electrons. The maximum Gasteiger partial charge on any atom is 0.410 e. The summed E-state index contributed by atoms with van der Waals surface area (Å²) in [6, 6.07) is 6.21. The number of methoxy groups -OCH3 is 1. The highest BCUT2D eigenvalue weighted by Gasteiger charge is 2.44. The minimum Gasteiger partial charge on any atom is -0.478 e. The van der Waals surface area contributed by atoms with Crippen molar-refractivity contribution in [3.05, 3.63) is 35.4 Å². The number of carbonyl (C=O) groups is 3. The van der Waals surface area contributed by atoms with Crippen LogP contribution in [0.15, 0.2) is 24.3 Å². The van der Waals surface area contributed by atoms with Gasteiger partial charge in [0.2, 0.25) is 0 Å². The number of nitrogens with zero attached hydrogens (tertiary/aromatic N) is 1. The Bertz CT molecular complexity index is 834. The molecule has 1 aliphatic rings. The van der Waals surface area contributed by atoms with Crippen LogP contribution in [0.3, 0.4) is 0 Å². The van der Waals surface area contributed by atoms with Gasteiger partial charge in [0.25, 0.3) is 0 Å². The summed E-state index contributed by atoms with van der Waals surface area (Å²) >= 11 is 0. The van der Waals surface area contributed by atoms with E-state index in [1.54, 1.807) is 23.1 Å². The zero-order valence-corrected chi connectivity index (χ0v) is 20.8. The van der Waals surface area contributed by atoms with Crippen LogP contribution in [-0.4, -0.2) is 62.2 Å². The molecule has 0 bridgehead atoms. The quantitative estimate of drug-likeness (QED) is 0.447. The third-order valence-corrected chi connectivity index (χ3v) is 10.9. The van der Waals surface area contributed by atoms with Crippen LogP contribution >= 0.6 is 0 Å². The van der Waals surface area contributed by atoms with Crippen LogP contribution in [0.2, 0.25) is 18.1 Å². The lowest BCUT2D eigenvalue weighted by Gasteiger charge is -2.38. The van der Waals surface area contributed by atoms with E-state index in [0.717, 1.165) is 0 Å². The molecular weight excluding hydrogens is 430 g/mol. The van der Waals surface area contributed by atoms with Crippen molar-refractivity contribution in [1.29, 1.82) is 0 Å². The van der Waals surface area contributed by atoms with E-state index in [-0.39, 0.29) is 41.7 Å². The predicted molar refractivity (Wildman–Crippen MR) is 122 cm³/mol. The van der Waals surface area contributed by atoms with Gasteiger partial charge in [-0.2, -0.15) is 0 Å². The van der Waals surface area contributed by atoms with Crippen molar-refractivity contribution < 1.29 is 33.4 Å². The van der Waals surface area contributed by atoms with E-state index in [9.17, 15) is 19.5 Å². The van der Waals surface area contributed by atoms with Gasteiger partial charge in [0.1, 0.15) is 6.61 Å². The van der Waals surface area contributed by atoms with Gasteiger partial charge >= 0.3 is 18.0 Å². The molecule has 1 aromatic carbocycles. The average Bonchev–Trinajstić information content (AvgIpc) is 3.11. The molecule has 0 spiro atoms. The topological polar surface area (TPSA) is 102 Å². The Balaban J connectivity index is 2.11. The van der Waals surface area contributed by atoms with Crippen LogP contribution in [0.4, 0.5) is 4.79 Å². The second-order valence-corrected chi connectivity index (χ2v) is 14.4. The highest BCUT2D eigenvalue weighted by atomic mass is 28.4. The number of aromatic carboxylic acids is 1. The molecule has 1 fully saturated rings. The van der Waals surface area contributed by atoms with Crippen molar-refractivity contribution in [1.82, 2.24) is 4.90 Å². The number of rotatable bonds is 8. The molecule has 8 nitrogen and oxygen atoms in total. The summed E-state index contributed by atoms with van der Waals surface area (Å²) in [7, 11) is -0.703. The Labute approximate surface area is 191 Å². The molecule has 178 valence electrons. The molecule has 1 aromatic rings. The molecule has 0 saturated carbocycles.